The third kappa shape index (κ3) is 4.77. The summed E-state index contributed by atoms with van der Waals surface area (Å²) in [6.07, 6.45) is 3.36. The Morgan fingerprint density at radius 1 is 1.53 bits per heavy atom. The number of halogens is 1. The summed E-state index contributed by atoms with van der Waals surface area (Å²) in [5.41, 5.74) is 1.84. The number of rotatable bonds is 7. The van der Waals surface area contributed by atoms with E-state index in [1.807, 2.05) is 13.0 Å². The van der Waals surface area contributed by atoms with Crippen molar-refractivity contribution in [1.82, 2.24) is 4.90 Å². The van der Waals surface area contributed by atoms with Gasteiger partial charge < -0.3 is 4.90 Å². The van der Waals surface area contributed by atoms with Gasteiger partial charge in [-0.15, -0.1) is 11.3 Å². The molecule has 1 unspecified atom stereocenters. The third-order valence-electron chi connectivity index (χ3n) is 3.11. The number of hydrogen-bond acceptors (Lipinski definition) is 3. The first-order chi connectivity index (χ1) is 8.99. The van der Waals surface area contributed by atoms with Gasteiger partial charge in [-0.3, -0.25) is 4.79 Å². The van der Waals surface area contributed by atoms with Crippen molar-refractivity contribution in [2.24, 2.45) is 5.92 Å². The van der Waals surface area contributed by atoms with E-state index < -0.39 is 0 Å². The lowest BCUT2D eigenvalue weighted by Crippen LogP contribution is -2.24. The smallest absolute Gasteiger partial charge is 0.147 e. The molecule has 1 rings (SSSR count). The van der Waals surface area contributed by atoms with Crippen LogP contribution >= 0.6 is 27.3 Å². The molecule has 4 heteroatoms. The van der Waals surface area contributed by atoms with Crippen LogP contribution in [0.2, 0.25) is 0 Å². The van der Waals surface area contributed by atoms with Crippen LogP contribution in [0.3, 0.4) is 0 Å². The van der Waals surface area contributed by atoms with Crippen LogP contribution in [0.4, 0.5) is 0 Å². The van der Waals surface area contributed by atoms with E-state index in [1.165, 1.54) is 12.8 Å². The van der Waals surface area contributed by atoms with Crippen molar-refractivity contribution in [3.05, 3.63) is 26.4 Å². The molecule has 0 bridgehead atoms. The van der Waals surface area contributed by atoms with Crippen LogP contribution in [-0.2, 0) is 4.79 Å². The third-order valence-corrected chi connectivity index (χ3v) is 4.74. The van der Waals surface area contributed by atoms with Gasteiger partial charge >= 0.3 is 0 Å². The molecule has 0 spiro atoms. The molecule has 0 fully saturated rings. The second-order valence-corrected chi connectivity index (χ2v) is 7.49. The predicted octanol–water partition coefficient (Wildman–Crippen LogP) is 4.81. The lowest BCUT2D eigenvalue weighted by Gasteiger charge is -2.26. The Labute approximate surface area is 128 Å². The number of thiophene rings is 1. The van der Waals surface area contributed by atoms with Crippen molar-refractivity contribution in [2.75, 3.05) is 13.6 Å². The first-order valence-corrected chi connectivity index (χ1v) is 8.23. The minimum absolute atomic E-state index is 0.632. The van der Waals surface area contributed by atoms with E-state index >= 15 is 0 Å². The van der Waals surface area contributed by atoms with Crippen LogP contribution < -0.4 is 0 Å². The molecular weight excluding hydrogens is 322 g/mol. The molecule has 0 radical (unpaired) electrons. The summed E-state index contributed by atoms with van der Waals surface area (Å²) < 4.78 is 1.09. The summed E-state index contributed by atoms with van der Waals surface area (Å²) in [4.78, 5) is 14.5. The van der Waals surface area contributed by atoms with E-state index in [0.29, 0.717) is 5.92 Å². The normalized spacial score (nSPS) is 13.9. The highest BCUT2D eigenvalue weighted by molar-refractivity contribution is 9.11. The number of nitrogens with zero attached hydrogens (tertiary/aromatic N) is 1. The number of aldehydes is 1. The summed E-state index contributed by atoms with van der Waals surface area (Å²) in [6.45, 7) is 7.33. The maximum atomic E-state index is 11.2. The number of carbonyl (C=O) groups is 1. The fourth-order valence-corrected chi connectivity index (χ4v) is 3.87. The van der Waals surface area contributed by atoms with E-state index in [1.54, 1.807) is 11.3 Å². The van der Waals surface area contributed by atoms with E-state index in [-0.39, 0.29) is 0 Å². The van der Waals surface area contributed by atoms with Crippen LogP contribution in [0.25, 0.3) is 5.70 Å². The predicted molar refractivity (Wildman–Crippen MR) is 87.4 cm³/mol. The zero-order valence-electron chi connectivity index (χ0n) is 12.1. The Balaban J connectivity index is 2.96. The Hall–Kier alpha value is -0.610. The quantitative estimate of drug-likeness (QED) is 0.523. The molecular formula is C15H22BrNOS. The lowest BCUT2D eigenvalue weighted by atomic mass is 10.0. The van der Waals surface area contributed by atoms with Crippen molar-refractivity contribution >= 4 is 39.2 Å². The zero-order valence-corrected chi connectivity index (χ0v) is 14.5. The number of hydrogen-bond donors (Lipinski definition) is 0. The van der Waals surface area contributed by atoms with E-state index in [9.17, 15) is 4.79 Å². The molecule has 1 heterocycles. The van der Waals surface area contributed by atoms with Gasteiger partial charge in [-0.05, 0) is 47.3 Å². The summed E-state index contributed by atoms with van der Waals surface area (Å²) in [5.74, 6) is 0.632. The SMILES string of the molecule is CCCC(C)CN(C)C(=C(C)C=O)c1ccc(Br)s1. The van der Waals surface area contributed by atoms with Gasteiger partial charge in [0.25, 0.3) is 0 Å². The average Bonchev–Trinajstić information content (AvgIpc) is 2.75. The van der Waals surface area contributed by atoms with Gasteiger partial charge in [0.1, 0.15) is 6.29 Å². The topological polar surface area (TPSA) is 20.3 Å². The summed E-state index contributed by atoms with van der Waals surface area (Å²) >= 11 is 5.15. The van der Waals surface area contributed by atoms with Crippen LogP contribution in [0.1, 0.15) is 38.5 Å². The Kier molecular flexibility index (Phi) is 6.80. The first-order valence-electron chi connectivity index (χ1n) is 6.62. The van der Waals surface area contributed by atoms with Gasteiger partial charge in [0.05, 0.1) is 14.4 Å². The van der Waals surface area contributed by atoms with Crippen molar-refractivity contribution < 1.29 is 4.79 Å². The van der Waals surface area contributed by atoms with Gasteiger partial charge in [-0.1, -0.05) is 20.3 Å². The molecule has 0 N–H and O–H groups in total. The van der Waals surface area contributed by atoms with Crippen LogP contribution in [0.15, 0.2) is 21.5 Å². The largest absolute Gasteiger partial charge is 0.373 e. The fraction of sp³-hybridized carbons (Fsp3) is 0.533. The highest BCUT2D eigenvalue weighted by Gasteiger charge is 2.15. The van der Waals surface area contributed by atoms with Crippen molar-refractivity contribution in [2.45, 2.75) is 33.6 Å². The molecule has 0 saturated carbocycles. The van der Waals surface area contributed by atoms with Gasteiger partial charge in [-0.25, -0.2) is 0 Å². The van der Waals surface area contributed by atoms with Crippen molar-refractivity contribution in [1.29, 1.82) is 0 Å². The van der Waals surface area contributed by atoms with Crippen LogP contribution in [-0.4, -0.2) is 24.8 Å². The molecule has 0 aliphatic heterocycles. The summed E-state index contributed by atoms with van der Waals surface area (Å²) in [6, 6.07) is 4.10. The van der Waals surface area contributed by atoms with Gasteiger partial charge in [-0.2, -0.15) is 0 Å². The zero-order chi connectivity index (χ0) is 14.4. The first kappa shape index (κ1) is 16.4. The molecule has 1 aromatic heterocycles. The molecule has 0 aliphatic carbocycles. The Morgan fingerprint density at radius 3 is 2.68 bits per heavy atom. The number of allylic oxidation sites excluding steroid dienone is 1. The Morgan fingerprint density at radius 2 is 2.21 bits per heavy atom. The maximum Gasteiger partial charge on any atom is 0.147 e. The van der Waals surface area contributed by atoms with E-state index in [2.05, 4.69) is 47.8 Å². The average molecular weight is 344 g/mol. The van der Waals surface area contributed by atoms with E-state index in [4.69, 9.17) is 0 Å². The molecule has 2 nitrogen and oxygen atoms in total. The number of carbonyl (C=O) groups excluding carboxylic acids is 1. The molecule has 0 amide bonds. The molecule has 0 aliphatic rings. The standard InChI is InChI=1S/C15H22BrNOS/c1-5-6-11(2)9-17(4)15(12(3)10-18)13-7-8-14(16)19-13/h7-8,10-11H,5-6,9H2,1-4H3. The van der Waals surface area contributed by atoms with Gasteiger partial charge in [0.15, 0.2) is 0 Å². The highest BCUT2D eigenvalue weighted by atomic mass is 79.9. The summed E-state index contributed by atoms with van der Waals surface area (Å²) in [5, 5.41) is 0. The Bertz CT molecular complexity index is 453. The van der Waals surface area contributed by atoms with Crippen molar-refractivity contribution in [3.63, 3.8) is 0 Å². The van der Waals surface area contributed by atoms with Crippen LogP contribution in [0, 0.1) is 5.92 Å². The monoisotopic (exact) mass is 343 g/mol. The molecule has 1 aromatic rings. The lowest BCUT2D eigenvalue weighted by molar-refractivity contribution is -0.104. The van der Waals surface area contributed by atoms with Gasteiger partial charge in [0.2, 0.25) is 0 Å². The molecule has 1 atom stereocenters. The molecule has 19 heavy (non-hydrogen) atoms. The molecule has 106 valence electrons. The summed E-state index contributed by atoms with van der Waals surface area (Å²) in [7, 11) is 2.07. The minimum atomic E-state index is 0.632. The maximum absolute atomic E-state index is 11.2. The second-order valence-electron chi connectivity index (χ2n) is 5.03. The van der Waals surface area contributed by atoms with Crippen LogP contribution in [0.5, 0.6) is 0 Å². The fourth-order valence-electron chi connectivity index (χ4n) is 2.32. The van der Waals surface area contributed by atoms with Gasteiger partial charge in [0, 0.05) is 19.2 Å². The highest BCUT2D eigenvalue weighted by Crippen LogP contribution is 2.31. The van der Waals surface area contributed by atoms with E-state index in [0.717, 1.165) is 32.8 Å². The van der Waals surface area contributed by atoms with Crippen molar-refractivity contribution in [3.8, 4) is 0 Å². The molecule has 0 saturated heterocycles. The second kappa shape index (κ2) is 7.85. The molecule has 0 aromatic carbocycles. The minimum Gasteiger partial charge on any atom is -0.373 e.